The minimum Gasteiger partial charge on any atom is -0.497 e. The summed E-state index contributed by atoms with van der Waals surface area (Å²) >= 11 is 0. The molecule has 3 rings (SSSR count). The Hall–Kier alpha value is -2.08. The lowest BCUT2D eigenvalue weighted by Gasteiger charge is -2.13. The third kappa shape index (κ3) is 4.97. The number of hydrogen-bond donors (Lipinski definition) is 2. The van der Waals surface area contributed by atoms with Crippen molar-refractivity contribution in [1.82, 2.24) is 5.32 Å². The Morgan fingerprint density at radius 3 is 2.27 bits per heavy atom. The Labute approximate surface area is 160 Å². The predicted octanol–water partition coefficient (Wildman–Crippen LogP) is 2.91. The smallest absolute Gasteiger partial charge is 0.249 e. The summed E-state index contributed by atoms with van der Waals surface area (Å²) in [6.45, 7) is 0.964. The van der Waals surface area contributed by atoms with Gasteiger partial charge in [-0.05, 0) is 41.7 Å². The molecule has 1 aliphatic heterocycles. The fourth-order valence-electron chi connectivity index (χ4n) is 2.97. The zero-order valence-electron chi connectivity index (χ0n) is 14.8. The molecule has 2 aromatic rings. The third-order valence-electron chi connectivity index (χ3n) is 4.51. The summed E-state index contributed by atoms with van der Waals surface area (Å²) < 4.78 is 10.8. The molecule has 5 nitrogen and oxygen atoms in total. The number of rotatable bonds is 6. The van der Waals surface area contributed by atoms with Crippen molar-refractivity contribution >= 4 is 18.3 Å². The van der Waals surface area contributed by atoms with Gasteiger partial charge in [-0.3, -0.25) is 4.79 Å². The van der Waals surface area contributed by atoms with Gasteiger partial charge < -0.3 is 20.5 Å². The van der Waals surface area contributed by atoms with Crippen molar-refractivity contribution in [3.63, 3.8) is 0 Å². The lowest BCUT2D eigenvalue weighted by atomic mass is 10.0. The molecule has 6 heteroatoms. The van der Waals surface area contributed by atoms with E-state index in [9.17, 15) is 4.79 Å². The first-order chi connectivity index (χ1) is 12.2. The van der Waals surface area contributed by atoms with Gasteiger partial charge in [0, 0.05) is 13.1 Å². The fourth-order valence-corrected chi connectivity index (χ4v) is 2.97. The number of nitrogens with one attached hydrogen (secondary N) is 1. The molecule has 0 aromatic heterocycles. The molecule has 1 aliphatic rings. The average molecular weight is 377 g/mol. The van der Waals surface area contributed by atoms with Crippen LogP contribution in [0.2, 0.25) is 0 Å². The van der Waals surface area contributed by atoms with Gasteiger partial charge in [-0.1, -0.05) is 36.4 Å². The molecule has 26 heavy (non-hydrogen) atoms. The first kappa shape index (κ1) is 20.2. The summed E-state index contributed by atoms with van der Waals surface area (Å²) in [7, 11) is 1.66. The number of carbonyl (C=O) groups is 1. The SMILES string of the molecule is COc1ccc(-c2ccc(CNC(=O)[C@@H]3CC[C@H](CN)O3)cc2)cc1.Cl. The zero-order valence-corrected chi connectivity index (χ0v) is 15.6. The van der Waals surface area contributed by atoms with Crippen LogP contribution in [0, 0.1) is 0 Å². The van der Waals surface area contributed by atoms with Gasteiger partial charge in [0.05, 0.1) is 13.2 Å². The summed E-state index contributed by atoms with van der Waals surface area (Å²) in [5.41, 5.74) is 8.89. The predicted molar refractivity (Wildman–Crippen MR) is 104 cm³/mol. The van der Waals surface area contributed by atoms with Crippen LogP contribution in [-0.4, -0.2) is 31.8 Å². The number of hydrogen-bond acceptors (Lipinski definition) is 4. The minimum atomic E-state index is -0.368. The van der Waals surface area contributed by atoms with Crippen molar-refractivity contribution in [2.45, 2.75) is 31.6 Å². The van der Waals surface area contributed by atoms with Gasteiger partial charge in [0.2, 0.25) is 5.91 Å². The molecule has 0 bridgehead atoms. The van der Waals surface area contributed by atoms with Crippen molar-refractivity contribution in [2.24, 2.45) is 5.73 Å². The van der Waals surface area contributed by atoms with Gasteiger partial charge in [0.25, 0.3) is 0 Å². The molecule has 2 atom stereocenters. The molecule has 0 saturated carbocycles. The van der Waals surface area contributed by atoms with Gasteiger partial charge >= 0.3 is 0 Å². The summed E-state index contributed by atoms with van der Waals surface area (Å²) in [4.78, 5) is 12.1. The maximum Gasteiger partial charge on any atom is 0.249 e. The van der Waals surface area contributed by atoms with E-state index in [1.54, 1.807) is 7.11 Å². The average Bonchev–Trinajstić information content (AvgIpc) is 3.16. The molecule has 1 amide bonds. The number of halogens is 1. The summed E-state index contributed by atoms with van der Waals surface area (Å²) in [6, 6.07) is 16.1. The van der Waals surface area contributed by atoms with E-state index in [2.05, 4.69) is 17.4 Å². The monoisotopic (exact) mass is 376 g/mol. The summed E-state index contributed by atoms with van der Waals surface area (Å²) in [5.74, 6) is 0.782. The molecule has 0 aliphatic carbocycles. The topological polar surface area (TPSA) is 73.6 Å². The minimum absolute atomic E-state index is 0. The van der Waals surface area contributed by atoms with E-state index in [1.165, 1.54) is 0 Å². The Kier molecular flexibility index (Phi) is 7.45. The van der Waals surface area contributed by atoms with Crippen LogP contribution in [-0.2, 0) is 16.1 Å². The second-order valence-electron chi connectivity index (χ2n) is 6.20. The normalized spacial score (nSPS) is 18.8. The van der Waals surface area contributed by atoms with Crippen LogP contribution < -0.4 is 15.8 Å². The number of nitrogens with two attached hydrogens (primary N) is 1. The van der Waals surface area contributed by atoms with Crippen molar-refractivity contribution in [1.29, 1.82) is 0 Å². The Balaban J connectivity index is 0.00000243. The summed E-state index contributed by atoms with van der Waals surface area (Å²) in [5, 5.41) is 2.94. The molecular weight excluding hydrogens is 352 g/mol. The van der Waals surface area contributed by atoms with Gasteiger partial charge in [-0.15, -0.1) is 12.4 Å². The first-order valence-corrected chi connectivity index (χ1v) is 8.56. The lowest BCUT2D eigenvalue weighted by Crippen LogP contribution is -2.35. The lowest BCUT2D eigenvalue weighted by molar-refractivity contribution is -0.132. The highest BCUT2D eigenvalue weighted by Crippen LogP contribution is 2.23. The standard InChI is InChI=1S/C20H24N2O3.ClH/c1-24-17-8-6-16(7-9-17)15-4-2-14(3-5-15)13-22-20(23)19-11-10-18(12-21)25-19;/h2-9,18-19H,10-13,21H2,1H3,(H,22,23);1H/t18-,19+;/m1./s1. The molecule has 0 spiro atoms. The molecule has 0 radical (unpaired) electrons. The first-order valence-electron chi connectivity index (χ1n) is 8.56. The molecule has 1 heterocycles. The van der Waals surface area contributed by atoms with Crippen LogP contribution >= 0.6 is 12.4 Å². The van der Waals surface area contributed by atoms with Gasteiger partial charge in [-0.25, -0.2) is 0 Å². The van der Waals surface area contributed by atoms with Crippen LogP contribution in [0.1, 0.15) is 18.4 Å². The number of methoxy groups -OCH3 is 1. The highest BCUT2D eigenvalue weighted by Gasteiger charge is 2.29. The molecule has 3 N–H and O–H groups in total. The van der Waals surface area contributed by atoms with E-state index < -0.39 is 0 Å². The Bertz CT molecular complexity index is 704. The largest absolute Gasteiger partial charge is 0.497 e. The van der Waals surface area contributed by atoms with Crippen molar-refractivity contribution in [2.75, 3.05) is 13.7 Å². The van der Waals surface area contributed by atoms with E-state index in [4.69, 9.17) is 15.2 Å². The van der Waals surface area contributed by atoms with E-state index in [0.717, 1.165) is 35.3 Å². The molecular formula is C20H25ClN2O3. The zero-order chi connectivity index (χ0) is 17.6. The van der Waals surface area contributed by atoms with Gasteiger partial charge in [-0.2, -0.15) is 0 Å². The number of carbonyl (C=O) groups excluding carboxylic acids is 1. The van der Waals surface area contributed by atoms with Crippen molar-refractivity contribution in [3.05, 3.63) is 54.1 Å². The van der Waals surface area contributed by atoms with Crippen LogP contribution in [0.5, 0.6) is 5.75 Å². The fraction of sp³-hybridized carbons (Fsp3) is 0.350. The van der Waals surface area contributed by atoms with Crippen LogP contribution in [0.4, 0.5) is 0 Å². The molecule has 140 valence electrons. The quantitative estimate of drug-likeness (QED) is 0.813. The second kappa shape index (κ2) is 9.57. The van der Waals surface area contributed by atoms with Crippen molar-refractivity contribution in [3.8, 4) is 16.9 Å². The maximum atomic E-state index is 12.1. The molecule has 1 saturated heterocycles. The molecule has 2 aromatic carbocycles. The van der Waals surface area contributed by atoms with Crippen LogP contribution in [0.15, 0.2) is 48.5 Å². The Morgan fingerprint density at radius 2 is 1.73 bits per heavy atom. The second-order valence-corrected chi connectivity index (χ2v) is 6.20. The van der Waals surface area contributed by atoms with Gasteiger partial charge in [0.1, 0.15) is 11.9 Å². The highest BCUT2D eigenvalue weighted by atomic mass is 35.5. The number of benzene rings is 2. The van der Waals surface area contributed by atoms with E-state index in [0.29, 0.717) is 13.1 Å². The number of amides is 1. The summed E-state index contributed by atoms with van der Waals surface area (Å²) in [6.07, 6.45) is 1.24. The highest BCUT2D eigenvalue weighted by molar-refractivity contribution is 5.85. The van der Waals surface area contributed by atoms with E-state index in [-0.39, 0.29) is 30.5 Å². The van der Waals surface area contributed by atoms with Gasteiger partial charge in [0.15, 0.2) is 0 Å². The third-order valence-corrected chi connectivity index (χ3v) is 4.51. The van der Waals surface area contributed by atoms with E-state index >= 15 is 0 Å². The van der Waals surface area contributed by atoms with Crippen LogP contribution in [0.25, 0.3) is 11.1 Å². The Morgan fingerprint density at radius 1 is 1.12 bits per heavy atom. The molecule has 1 fully saturated rings. The van der Waals surface area contributed by atoms with E-state index in [1.807, 2.05) is 36.4 Å². The van der Waals surface area contributed by atoms with Crippen molar-refractivity contribution < 1.29 is 14.3 Å². The van der Waals surface area contributed by atoms with Crippen LogP contribution in [0.3, 0.4) is 0 Å². The number of ether oxygens (including phenoxy) is 2. The maximum absolute atomic E-state index is 12.1. The molecule has 0 unspecified atom stereocenters.